The second kappa shape index (κ2) is 7.90. The van der Waals surface area contributed by atoms with E-state index in [0.717, 1.165) is 11.3 Å². The number of ether oxygens (including phenoxy) is 1. The smallest absolute Gasteiger partial charge is 0.297 e. The molecular formula is C23H19N3O3. The molecule has 3 aromatic carbocycles. The number of amidine groups is 1. The van der Waals surface area contributed by atoms with Gasteiger partial charge in [0.1, 0.15) is 17.2 Å². The first kappa shape index (κ1) is 18.3. The van der Waals surface area contributed by atoms with Crippen molar-refractivity contribution in [1.82, 2.24) is 5.01 Å². The highest BCUT2D eigenvalue weighted by atomic mass is 16.5. The van der Waals surface area contributed by atoms with Crippen LogP contribution < -0.4 is 10.2 Å². The first-order chi connectivity index (χ1) is 14.2. The maximum atomic E-state index is 13.1. The molecule has 1 heterocycles. The van der Waals surface area contributed by atoms with Gasteiger partial charge in [-0.15, -0.1) is 0 Å². The number of hydrogen-bond acceptors (Lipinski definition) is 5. The van der Waals surface area contributed by atoms with Crippen LogP contribution in [0.4, 0.5) is 5.69 Å². The van der Waals surface area contributed by atoms with Gasteiger partial charge in [-0.05, 0) is 36.4 Å². The average Bonchev–Trinajstić information content (AvgIpc) is 3.06. The summed E-state index contributed by atoms with van der Waals surface area (Å²) >= 11 is 0. The molecule has 1 aliphatic heterocycles. The molecule has 144 valence electrons. The Balaban J connectivity index is 1.72. The first-order valence-corrected chi connectivity index (χ1v) is 9.04. The molecule has 0 bridgehead atoms. The average molecular weight is 385 g/mol. The molecule has 0 atom stereocenters. The lowest BCUT2D eigenvalue weighted by Crippen LogP contribution is -2.37. The Morgan fingerprint density at radius 2 is 1.66 bits per heavy atom. The summed E-state index contributed by atoms with van der Waals surface area (Å²) in [7, 11) is 1.60. The van der Waals surface area contributed by atoms with Gasteiger partial charge >= 0.3 is 0 Å². The number of phenols is 1. The second-order valence-electron chi connectivity index (χ2n) is 6.37. The Morgan fingerprint density at radius 1 is 0.966 bits per heavy atom. The number of phenolic OH excluding ortho intramolecular Hbond substituents is 1. The minimum Gasteiger partial charge on any atom is -0.507 e. The van der Waals surface area contributed by atoms with E-state index in [1.165, 1.54) is 5.01 Å². The lowest BCUT2D eigenvalue weighted by Gasteiger charge is -2.20. The molecule has 0 aliphatic carbocycles. The number of aliphatic imine (C=N–C) groups is 1. The van der Waals surface area contributed by atoms with Crippen LogP contribution >= 0.6 is 0 Å². The van der Waals surface area contributed by atoms with Gasteiger partial charge in [0.15, 0.2) is 5.84 Å². The lowest BCUT2D eigenvalue weighted by atomic mass is 10.1. The molecule has 0 unspecified atom stereocenters. The molecule has 0 aromatic heterocycles. The molecule has 6 nitrogen and oxygen atoms in total. The number of nitrogens with one attached hydrogen (secondary N) is 1. The monoisotopic (exact) mass is 385 g/mol. The maximum Gasteiger partial charge on any atom is 0.297 e. The number of nitrogens with zero attached hydrogens (tertiary/aromatic N) is 2. The number of carbonyl (C=O) groups excluding carboxylic acids is 1. The number of carbonyl (C=O) groups is 1. The van der Waals surface area contributed by atoms with Crippen LogP contribution in [0.5, 0.6) is 11.5 Å². The van der Waals surface area contributed by atoms with Crippen LogP contribution in [0.25, 0.3) is 6.08 Å². The summed E-state index contributed by atoms with van der Waals surface area (Å²) in [6.45, 7) is 0. The maximum absolute atomic E-state index is 13.1. The van der Waals surface area contributed by atoms with Gasteiger partial charge in [0.25, 0.3) is 5.91 Å². The summed E-state index contributed by atoms with van der Waals surface area (Å²) in [4.78, 5) is 17.6. The topological polar surface area (TPSA) is 74.2 Å². The molecule has 6 heteroatoms. The highest BCUT2D eigenvalue weighted by molar-refractivity contribution is 6.20. The number of anilines is 1. The molecular weight excluding hydrogens is 366 g/mol. The van der Waals surface area contributed by atoms with Crippen molar-refractivity contribution in [2.75, 3.05) is 12.5 Å². The second-order valence-corrected chi connectivity index (χ2v) is 6.37. The number of hydrogen-bond donors (Lipinski definition) is 2. The fourth-order valence-electron chi connectivity index (χ4n) is 2.95. The number of aromatic hydroxyl groups is 1. The lowest BCUT2D eigenvalue weighted by molar-refractivity contribution is -0.121. The highest BCUT2D eigenvalue weighted by Gasteiger charge is 2.31. The van der Waals surface area contributed by atoms with Gasteiger partial charge in [0, 0.05) is 11.1 Å². The van der Waals surface area contributed by atoms with E-state index in [1.807, 2.05) is 42.5 Å². The summed E-state index contributed by atoms with van der Waals surface area (Å²) in [6.07, 6.45) is 1.58. The molecule has 0 saturated heterocycles. The Hall–Kier alpha value is -4.06. The molecule has 0 saturated carbocycles. The van der Waals surface area contributed by atoms with Gasteiger partial charge in [0.05, 0.1) is 12.8 Å². The van der Waals surface area contributed by atoms with Crippen LogP contribution in [-0.2, 0) is 4.79 Å². The molecule has 1 amide bonds. The predicted octanol–water partition coefficient (Wildman–Crippen LogP) is 4.06. The third kappa shape index (κ3) is 3.82. The van der Waals surface area contributed by atoms with E-state index in [9.17, 15) is 9.90 Å². The number of rotatable bonds is 5. The van der Waals surface area contributed by atoms with Crippen LogP contribution in [0.2, 0.25) is 0 Å². The van der Waals surface area contributed by atoms with E-state index in [4.69, 9.17) is 4.74 Å². The van der Waals surface area contributed by atoms with Gasteiger partial charge in [-0.3, -0.25) is 10.2 Å². The predicted molar refractivity (Wildman–Crippen MR) is 113 cm³/mol. The van der Waals surface area contributed by atoms with Crippen molar-refractivity contribution < 1.29 is 14.6 Å². The molecule has 0 fully saturated rings. The molecule has 0 radical (unpaired) electrons. The van der Waals surface area contributed by atoms with Gasteiger partial charge < -0.3 is 9.84 Å². The van der Waals surface area contributed by atoms with Crippen LogP contribution in [0.15, 0.2) is 89.6 Å². The van der Waals surface area contributed by atoms with E-state index >= 15 is 0 Å². The first-order valence-electron chi connectivity index (χ1n) is 9.04. The highest BCUT2D eigenvalue weighted by Crippen LogP contribution is 2.26. The van der Waals surface area contributed by atoms with E-state index < -0.39 is 0 Å². The number of hydrazine groups is 1. The summed E-state index contributed by atoms with van der Waals surface area (Å²) in [5, 5.41) is 11.5. The minimum absolute atomic E-state index is 0.0887. The Kier molecular flexibility index (Phi) is 4.99. The van der Waals surface area contributed by atoms with Gasteiger partial charge in [0.2, 0.25) is 0 Å². The zero-order chi connectivity index (χ0) is 20.2. The molecule has 0 spiro atoms. The summed E-state index contributed by atoms with van der Waals surface area (Å²) in [6, 6.07) is 23.5. The molecule has 3 aromatic rings. The third-order valence-electron chi connectivity index (χ3n) is 4.45. The summed E-state index contributed by atoms with van der Waals surface area (Å²) in [5.74, 6) is 0.974. The third-order valence-corrected chi connectivity index (χ3v) is 4.45. The van der Waals surface area contributed by atoms with Crippen molar-refractivity contribution in [3.05, 3.63) is 95.7 Å². The van der Waals surface area contributed by atoms with E-state index in [0.29, 0.717) is 17.1 Å². The number of benzene rings is 3. The number of methoxy groups -OCH3 is 1. The molecule has 29 heavy (non-hydrogen) atoms. The zero-order valence-corrected chi connectivity index (χ0v) is 15.7. The van der Waals surface area contributed by atoms with Crippen molar-refractivity contribution in [2.45, 2.75) is 0 Å². The zero-order valence-electron chi connectivity index (χ0n) is 15.7. The van der Waals surface area contributed by atoms with E-state index in [1.54, 1.807) is 49.6 Å². The van der Waals surface area contributed by atoms with E-state index in [2.05, 4.69) is 10.4 Å². The molecule has 4 rings (SSSR count). The number of amides is 1. The standard InChI is InChI=1S/C23H19N3O3/c1-29-19-13-11-18(12-14-19)25-26-22(16-7-3-2-4-8-16)24-20(23(26)28)15-17-9-5-6-10-21(17)27/h2-15,25,27H,1H3. The van der Waals surface area contributed by atoms with Gasteiger partial charge in [-0.1, -0.05) is 48.5 Å². The quantitative estimate of drug-likeness (QED) is 0.650. The van der Waals surface area contributed by atoms with Crippen molar-refractivity contribution in [3.63, 3.8) is 0 Å². The van der Waals surface area contributed by atoms with Crippen molar-refractivity contribution >= 4 is 23.5 Å². The van der Waals surface area contributed by atoms with Crippen molar-refractivity contribution in [2.24, 2.45) is 4.99 Å². The molecule has 1 aliphatic rings. The normalized spacial score (nSPS) is 14.8. The van der Waals surface area contributed by atoms with Crippen LogP contribution in [0, 0.1) is 0 Å². The van der Waals surface area contributed by atoms with E-state index in [-0.39, 0.29) is 17.4 Å². The minimum atomic E-state index is -0.317. The van der Waals surface area contributed by atoms with Crippen LogP contribution in [0.1, 0.15) is 11.1 Å². The fraction of sp³-hybridized carbons (Fsp3) is 0.0435. The SMILES string of the molecule is COc1ccc(NN2C(=O)C(=Cc3ccccc3O)N=C2c2ccccc2)cc1. The molecule has 2 N–H and O–H groups in total. The Labute approximate surface area is 168 Å². The van der Waals surface area contributed by atoms with Gasteiger partial charge in [-0.2, -0.15) is 5.01 Å². The number of para-hydroxylation sites is 1. The largest absolute Gasteiger partial charge is 0.507 e. The summed E-state index contributed by atoms with van der Waals surface area (Å²) in [5.41, 5.74) is 5.38. The van der Waals surface area contributed by atoms with Crippen molar-refractivity contribution in [1.29, 1.82) is 0 Å². The summed E-state index contributed by atoms with van der Waals surface area (Å²) < 4.78 is 5.18. The Morgan fingerprint density at radius 3 is 2.34 bits per heavy atom. The van der Waals surface area contributed by atoms with Gasteiger partial charge in [-0.25, -0.2) is 4.99 Å². The van der Waals surface area contributed by atoms with Crippen LogP contribution in [-0.4, -0.2) is 29.0 Å². The Bertz CT molecular complexity index is 1090. The van der Waals surface area contributed by atoms with Crippen LogP contribution in [0.3, 0.4) is 0 Å². The fourth-order valence-corrected chi connectivity index (χ4v) is 2.95. The van der Waals surface area contributed by atoms with Crippen molar-refractivity contribution in [3.8, 4) is 11.5 Å².